The van der Waals surface area contributed by atoms with Gasteiger partial charge in [-0.15, -0.1) is 11.6 Å². The van der Waals surface area contributed by atoms with Crippen LogP contribution in [0.1, 0.15) is 25.7 Å². The molecule has 2 aliphatic rings. The maximum Gasteiger partial charge on any atom is 0.0235 e. The summed E-state index contributed by atoms with van der Waals surface area (Å²) in [5, 5.41) is 0. The van der Waals surface area contributed by atoms with Gasteiger partial charge in [0.15, 0.2) is 0 Å². The van der Waals surface area contributed by atoms with Crippen molar-refractivity contribution < 1.29 is 0 Å². The molecule has 0 N–H and O–H groups in total. The van der Waals surface area contributed by atoms with Gasteiger partial charge in [0.1, 0.15) is 0 Å². The van der Waals surface area contributed by atoms with Crippen LogP contribution in [0.4, 0.5) is 0 Å². The SMILES string of the molecule is ClCCCN1CC2CCC1C2. The van der Waals surface area contributed by atoms with E-state index in [0.717, 1.165) is 17.8 Å². The van der Waals surface area contributed by atoms with Gasteiger partial charge in [0, 0.05) is 18.5 Å². The molecule has 2 atom stereocenters. The van der Waals surface area contributed by atoms with E-state index < -0.39 is 0 Å². The first-order valence-electron chi connectivity index (χ1n) is 4.70. The van der Waals surface area contributed by atoms with Crippen molar-refractivity contribution in [3.63, 3.8) is 0 Å². The number of hydrogen-bond acceptors (Lipinski definition) is 1. The number of nitrogens with zero attached hydrogens (tertiary/aromatic N) is 1. The lowest BCUT2D eigenvalue weighted by atomic mass is 10.1. The molecule has 1 aliphatic carbocycles. The molecule has 1 saturated carbocycles. The smallest absolute Gasteiger partial charge is 0.0235 e. The van der Waals surface area contributed by atoms with E-state index in [0.29, 0.717) is 0 Å². The maximum absolute atomic E-state index is 5.66. The van der Waals surface area contributed by atoms with Crippen molar-refractivity contribution in [2.75, 3.05) is 19.0 Å². The maximum atomic E-state index is 5.66. The Morgan fingerprint density at radius 1 is 1.36 bits per heavy atom. The van der Waals surface area contributed by atoms with Crippen molar-refractivity contribution in [1.82, 2.24) is 4.90 Å². The highest BCUT2D eigenvalue weighted by molar-refractivity contribution is 6.17. The van der Waals surface area contributed by atoms with E-state index in [1.54, 1.807) is 0 Å². The fraction of sp³-hybridized carbons (Fsp3) is 1.00. The first-order chi connectivity index (χ1) is 5.40. The lowest BCUT2D eigenvalue weighted by molar-refractivity contribution is 0.214. The van der Waals surface area contributed by atoms with Gasteiger partial charge in [-0.25, -0.2) is 0 Å². The molecule has 2 heteroatoms. The molecule has 2 bridgehead atoms. The molecule has 0 spiro atoms. The standard InChI is InChI=1S/C9H16ClN/c10-4-1-5-11-7-8-2-3-9(11)6-8/h8-9H,1-7H2. The molecule has 2 rings (SSSR count). The van der Waals surface area contributed by atoms with Gasteiger partial charge in [-0.1, -0.05) is 0 Å². The first kappa shape index (κ1) is 7.88. The van der Waals surface area contributed by atoms with Crippen molar-refractivity contribution in [3.8, 4) is 0 Å². The normalized spacial score (nSPS) is 36.8. The molecule has 1 saturated heterocycles. The second-order valence-electron chi connectivity index (χ2n) is 3.87. The molecule has 11 heavy (non-hydrogen) atoms. The van der Waals surface area contributed by atoms with Gasteiger partial charge in [0.05, 0.1) is 0 Å². The molecule has 0 aromatic rings. The van der Waals surface area contributed by atoms with Gasteiger partial charge in [-0.3, -0.25) is 0 Å². The van der Waals surface area contributed by atoms with Gasteiger partial charge in [-0.2, -0.15) is 0 Å². The minimum Gasteiger partial charge on any atom is -0.300 e. The fourth-order valence-corrected chi connectivity index (χ4v) is 2.68. The van der Waals surface area contributed by atoms with Crippen LogP contribution in [-0.4, -0.2) is 29.9 Å². The third-order valence-electron chi connectivity index (χ3n) is 3.10. The zero-order valence-electron chi connectivity index (χ0n) is 6.93. The second-order valence-corrected chi connectivity index (χ2v) is 4.25. The molecule has 2 unspecified atom stereocenters. The van der Waals surface area contributed by atoms with Crippen LogP contribution in [0.2, 0.25) is 0 Å². The van der Waals surface area contributed by atoms with Crippen LogP contribution in [0.25, 0.3) is 0 Å². The number of piperidine rings is 1. The summed E-state index contributed by atoms with van der Waals surface area (Å²) in [5.41, 5.74) is 0. The van der Waals surface area contributed by atoms with E-state index in [1.165, 1.54) is 38.8 Å². The summed E-state index contributed by atoms with van der Waals surface area (Å²) in [6.45, 7) is 2.60. The van der Waals surface area contributed by atoms with Crippen LogP contribution in [0.3, 0.4) is 0 Å². The number of fused-ring (bicyclic) bond motifs is 2. The molecule has 1 nitrogen and oxygen atoms in total. The van der Waals surface area contributed by atoms with Crippen LogP contribution in [-0.2, 0) is 0 Å². The largest absolute Gasteiger partial charge is 0.300 e. The van der Waals surface area contributed by atoms with Crippen LogP contribution in [0, 0.1) is 5.92 Å². The number of likely N-dealkylation sites (tertiary alicyclic amines) is 1. The van der Waals surface area contributed by atoms with Gasteiger partial charge < -0.3 is 4.90 Å². The summed E-state index contributed by atoms with van der Waals surface area (Å²) in [6.07, 6.45) is 5.59. The minimum atomic E-state index is 0.827. The van der Waals surface area contributed by atoms with E-state index in [-0.39, 0.29) is 0 Å². The Bertz CT molecular complexity index is 138. The lowest BCUT2D eigenvalue weighted by Crippen LogP contribution is -2.32. The predicted octanol–water partition coefficient (Wildman–Crippen LogP) is 2.10. The third-order valence-corrected chi connectivity index (χ3v) is 3.37. The molecule has 0 aromatic heterocycles. The summed E-state index contributed by atoms with van der Waals surface area (Å²) in [4.78, 5) is 2.64. The average Bonchev–Trinajstić information content (AvgIpc) is 2.60. The van der Waals surface area contributed by atoms with Gasteiger partial charge in [0.25, 0.3) is 0 Å². The second kappa shape index (κ2) is 3.32. The van der Waals surface area contributed by atoms with Gasteiger partial charge in [0.2, 0.25) is 0 Å². The number of rotatable bonds is 3. The zero-order chi connectivity index (χ0) is 7.68. The number of hydrogen-bond donors (Lipinski definition) is 0. The number of alkyl halides is 1. The van der Waals surface area contributed by atoms with Crippen molar-refractivity contribution >= 4 is 11.6 Å². The van der Waals surface area contributed by atoms with E-state index in [2.05, 4.69) is 4.90 Å². The molecule has 0 amide bonds. The van der Waals surface area contributed by atoms with Crippen LogP contribution < -0.4 is 0 Å². The van der Waals surface area contributed by atoms with Crippen molar-refractivity contribution in [2.45, 2.75) is 31.7 Å². The summed E-state index contributed by atoms with van der Waals surface area (Å²) in [5.74, 6) is 1.86. The Morgan fingerprint density at radius 3 is 2.82 bits per heavy atom. The van der Waals surface area contributed by atoms with Crippen LogP contribution in [0.5, 0.6) is 0 Å². The fourth-order valence-electron chi connectivity index (χ4n) is 2.56. The van der Waals surface area contributed by atoms with Crippen LogP contribution >= 0.6 is 11.6 Å². The molecule has 0 aromatic carbocycles. The van der Waals surface area contributed by atoms with Crippen molar-refractivity contribution in [2.24, 2.45) is 5.92 Å². The molecule has 0 radical (unpaired) electrons. The average molecular weight is 174 g/mol. The molecule has 1 aliphatic heterocycles. The Morgan fingerprint density at radius 2 is 2.27 bits per heavy atom. The monoisotopic (exact) mass is 173 g/mol. The quantitative estimate of drug-likeness (QED) is 0.591. The predicted molar refractivity (Wildman–Crippen MR) is 48.0 cm³/mol. The summed E-state index contributed by atoms with van der Waals surface area (Å²) in [7, 11) is 0. The molecule has 2 fully saturated rings. The van der Waals surface area contributed by atoms with E-state index in [9.17, 15) is 0 Å². The van der Waals surface area contributed by atoms with E-state index in [4.69, 9.17) is 11.6 Å². The Balaban J connectivity index is 1.78. The molecule has 1 heterocycles. The topological polar surface area (TPSA) is 3.24 Å². The highest BCUT2D eigenvalue weighted by Crippen LogP contribution is 2.37. The van der Waals surface area contributed by atoms with E-state index >= 15 is 0 Å². The highest BCUT2D eigenvalue weighted by atomic mass is 35.5. The summed E-state index contributed by atoms with van der Waals surface area (Å²) < 4.78 is 0. The van der Waals surface area contributed by atoms with Crippen molar-refractivity contribution in [3.05, 3.63) is 0 Å². The Kier molecular flexibility index (Phi) is 2.38. The molecular formula is C9H16ClN. The van der Waals surface area contributed by atoms with E-state index in [1.807, 2.05) is 0 Å². The molecule has 64 valence electrons. The lowest BCUT2D eigenvalue weighted by Gasteiger charge is -2.26. The van der Waals surface area contributed by atoms with Crippen molar-refractivity contribution in [1.29, 1.82) is 0 Å². The minimum absolute atomic E-state index is 0.827. The highest BCUT2D eigenvalue weighted by Gasteiger charge is 2.36. The van der Waals surface area contributed by atoms with Crippen LogP contribution in [0.15, 0.2) is 0 Å². The zero-order valence-corrected chi connectivity index (χ0v) is 7.69. The molecular weight excluding hydrogens is 158 g/mol. The van der Waals surface area contributed by atoms with Gasteiger partial charge in [-0.05, 0) is 38.1 Å². The summed E-state index contributed by atoms with van der Waals surface area (Å²) in [6, 6.07) is 0.934. The Labute approximate surface area is 73.7 Å². The third kappa shape index (κ3) is 1.54. The summed E-state index contributed by atoms with van der Waals surface area (Å²) >= 11 is 5.66. The first-order valence-corrected chi connectivity index (χ1v) is 5.23. The Hall–Kier alpha value is 0.250. The van der Waals surface area contributed by atoms with Gasteiger partial charge >= 0.3 is 0 Å². The number of halogens is 1.